The summed E-state index contributed by atoms with van der Waals surface area (Å²) in [5, 5.41) is 3.31. The third kappa shape index (κ3) is 3.55. The van der Waals surface area contributed by atoms with Gasteiger partial charge in [-0.3, -0.25) is 0 Å². The van der Waals surface area contributed by atoms with E-state index in [2.05, 4.69) is 33.4 Å². The lowest BCUT2D eigenvalue weighted by molar-refractivity contribution is 0.628. The molecule has 0 aliphatic rings. The number of anilines is 1. The van der Waals surface area contributed by atoms with Gasteiger partial charge >= 0.3 is 0 Å². The van der Waals surface area contributed by atoms with E-state index in [1.807, 2.05) is 13.0 Å². The van der Waals surface area contributed by atoms with E-state index in [9.17, 15) is 4.39 Å². The maximum absolute atomic E-state index is 12.9. The van der Waals surface area contributed by atoms with Crippen LogP contribution in [0.25, 0.3) is 0 Å². The third-order valence-corrected chi connectivity index (χ3v) is 3.64. The van der Waals surface area contributed by atoms with Gasteiger partial charge in [0.05, 0.1) is 6.04 Å². The minimum absolute atomic E-state index is 0.0135. The van der Waals surface area contributed by atoms with Crippen molar-refractivity contribution < 1.29 is 4.39 Å². The van der Waals surface area contributed by atoms with Crippen molar-refractivity contribution in [1.29, 1.82) is 0 Å². The van der Waals surface area contributed by atoms with Gasteiger partial charge in [-0.1, -0.05) is 28.1 Å². The van der Waals surface area contributed by atoms with Crippen molar-refractivity contribution in [3.63, 3.8) is 0 Å². The predicted octanol–water partition coefficient (Wildman–Crippen LogP) is 4.01. The van der Waals surface area contributed by atoms with Crippen LogP contribution in [0.2, 0.25) is 0 Å². The zero-order valence-electron chi connectivity index (χ0n) is 10.7. The van der Waals surface area contributed by atoms with Gasteiger partial charge in [0.2, 0.25) is 0 Å². The van der Waals surface area contributed by atoms with Gasteiger partial charge in [-0.05, 0) is 48.4 Å². The molecule has 0 radical (unpaired) electrons. The molecule has 0 aromatic heterocycles. The van der Waals surface area contributed by atoms with Gasteiger partial charge in [0.25, 0.3) is 0 Å². The molecule has 0 fully saturated rings. The van der Waals surface area contributed by atoms with Crippen LogP contribution in [0, 0.1) is 12.7 Å². The van der Waals surface area contributed by atoms with E-state index in [-0.39, 0.29) is 11.9 Å². The summed E-state index contributed by atoms with van der Waals surface area (Å²) in [7, 11) is 0. The minimum atomic E-state index is -0.244. The Hall–Kier alpha value is -1.39. The fraction of sp³-hybridized carbons (Fsp3) is 0.200. The first-order valence-electron chi connectivity index (χ1n) is 6.08. The molecule has 0 bridgehead atoms. The highest BCUT2D eigenvalue weighted by Gasteiger charge is 2.12. The van der Waals surface area contributed by atoms with Gasteiger partial charge in [0.15, 0.2) is 0 Å². The number of halogens is 2. The van der Waals surface area contributed by atoms with E-state index < -0.39 is 0 Å². The summed E-state index contributed by atoms with van der Waals surface area (Å²) in [4.78, 5) is 0. The van der Waals surface area contributed by atoms with Crippen molar-refractivity contribution in [2.45, 2.75) is 13.0 Å². The van der Waals surface area contributed by atoms with Gasteiger partial charge in [0, 0.05) is 16.7 Å². The van der Waals surface area contributed by atoms with Gasteiger partial charge in [-0.2, -0.15) is 0 Å². The zero-order valence-corrected chi connectivity index (χ0v) is 12.2. The van der Waals surface area contributed by atoms with E-state index in [1.54, 1.807) is 12.1 Å². The zero-order chi connectivity index (χ0) is 13.8. The summed E-state index contributed by atoms with van der Waals surface area (Å²) in [6.45, 7) is 2.50. The summed E-state index contributed by atoms with van der Waals surface area (Å²) in [5.74, 6) is -0.244. The molecular weight excluding hydrogens is 307 g/mol. The van der Waals surface area contributed by atoms with Crippen LogP contribution in [-0.4, -0.2) is 6.54 Å². The minimum Gasteiger partial charge on any atom is -0.377 e. The van der Waals surface area contributed by atoms with Crippen LogP contribution >= 0.6 is 15.9 Å². The van der Waals surface area contributed by atoms with Gasteiger partial charge in [0.1, 0.15) is 5.82 Å². The highest BCUT2D eigenvalue weighted by atomic mass is 79.9. The highest BCUT2D eigenvalue weighted by molar-refractivity contribution is 9.10. The van der Waals surface area contributed by atoms with E-state index in [0.717, 1.165) is 15.7 Å². The Morgan fingerprint density at radius 2 is 1.89 bits per heavy atom. The molecular formula is C15H16BrFN2. The molecule has 2 nitrogen and oxygen atoms in total. The lowest BCUT2D eigenvalue weighted by Gasteiger charge is -2.20. The van der Waals surface area contributed by atoms with Crippen LogP contribution in [0.3, 0.4) is 0 Å². The second kappa shape index (κ2) is 6.17. The number of aryl methyl sites for hydroxylation is 1. The molecule has 2 aromatic rings. The highest BCUT2D eigenvalue weighted by Crippen LogP contribution is 2.27. The molecule has 0 spiro atoms. The maximum Gasteiger partial charge on any atom is 0.123 e. The smallest absolute Gasteiger partial charge is 0.123 e. The maximum atomic E-state index is 12.9. The first-order valence-corrected chi connectivity index (χ1v) is 6.87. The van der Waals surface area contributed by atoms with E-state index in [1.165, 1.54) is 17.7 Å². The molecule has 0 saturated heterocycles. The van der Waals surface area contributed by atoms with Crippen molar-refractivity contribution in [2.24, 2.45) is 5.73 Å². The Labute approximate surface area is 121 Å². The number of hydrogen-bond acceptors (Lipinski definition) is 2. The second-order valence-corrected chi connectivity index (χ2v) is 5.32. The number of hydrogen-bond donors (Lipinski definition) is 2. The molecule has 0 aliphatic carbocycles. The first kappa shape index (κ1) is 14.0. The Bertz CT molecular complexity index is 555. The average Bonchev–Trinajstić information content (AvgIpc) is 2.39. The Kier molecular flexibility index (Phi) is 4.56. The Morgan fingerprint density at radius 1 is 1.21 bits per heavy atom. The lowest BCUT2D eigenvalue weighted by atomic mass is 10.0. The van der Waals surface area contributed by atoms with Crippen molar-refractivity contribution in [3.8, 4) is 0 Å². The quantitative estimate of drug-likeness (QED) is 0.892. The van der Waals surface area contributed by atoms with E-state index in [0.29, 0.717) is 6.54 Å². The third-order valence-electron chi connectivity index (χ3n) is 2.95. The van der Waals surface area contributed by atoms with Crippen molar-refractivity contribution >= 4 is 21.6 Å². The fourth-order valence-corrected chi connectivity index (χ4v) is 2.70. The predicted molar refractivity (Wildman–Crippen MR) is 80.7 cm³/mol. The van der Waals surface area contributed by atoms with Crippen LogP contribution < -0.4 is 11.1 Å². The molecule has 4 heteroatoms. The van der Waals surface area contributed by atoms with Crippen LogP contribution in [-0.2, 0) is 0 Å². The summed E-state index contributed by atoms with van der Waals surface area (Å²) in [6, 6.07) is 12.4. The molecule has 0 heterocycles. The number of benzene rings is 2. The SMILES string of the molecule is Cc1ccc(C(CN)Nc2ccc(F)cc2)c(Br)c1. The first-order chi connectivity index (χ1) is 9.10. The van der Waals surface area contributed by atoms with Crippen molar-refractivity contribution in [3.05, 3.63) is 63.9 Å². The number of rotatable bonds is 4. The molecule has 2 aromatic carbocycles. The lowest BCUT2D eigenvalue weighted by Crippen LogP contribution is -2.21. The fourth-order valence-electron chi connectivity index (χ4n) is 1.93. The van der Waals surface area contributed by atoms with Gasteiger partial charge in [-0.25, -0.2) is 4.39 Å². The van der Waals surface area contributed by atoms with Gasteiger partial charge < -0.3 is 11.1 Å². The van der Waals surface area contributed by atoms with Crippen LogP contribution in [0.4, 0.5) is 10.1 Å². The molecule has 1 atom stereocenters. The largest absolute Gasteiger partial charge is 0.377 e. The van der Waals surface area contributed by atoms with Crippen molar-refractivity contribution in [1.82, 2.24) is 0 Å². The van der Waals surface area contributed by atoms with E-state index >= 15 is 0 Å². The molecule has 0 saturated carbocycles. The monoisotopic (exact) mass is 322 g/mol. The van der Waals surface area contributed by atoms with Gasteiger partial charge in [-0.15, -0.1) is 0 Å². The summed E-state index contributed by atoms with van der Waals surface area (Å²) in [5.41, 5.74) is 8.97. The molecule has 100 valence electrons. The normalized spacial score (nSPS) is 12.2. The number of nitrogens with two attached hydrogens (primary N) is 1. The van der Waals surface area contributed by atoms with E-state index in [4.69, 9.17) is 5.73 Å². The summed E-state index contributed by atoms with van der Waals surface area (Å²) in [6.07, 6.45) is 0. The molecule has 2 rings (SSSR count). The Balaban J connectivity index is 2.22. The average molecular weight is 323 g/mol. The van der Waals surface area contributed by atoms with Crippen molar-refractivity contribution in [2.75, 3.05) is 11.9 Å². The molecule has 1 unspecified atom stereocenters. The summed E-state index contributed by atoms with van der Waals surface area (Å²) >= 11 is 3.56. The standard InChI is InChI=1S/C15H16BrFN2/c1-10-2-7-13(14(16)8-10)15(9-18)19-12-5-3-11(17)4-6-12/h2-8,15,19H,9,18H2,1H3. The molecule has 3 N–H and O–H groups in total. The van der Waals surface area contributed by atoms with Crippen LogP contribution in [0.5, 0.6) is 0 Å². The number of nitrogens with one attached hydrogen (secondary N) is 1. The van der Waals surface area contributed by atoms with Crippen LogP contribution in [0.15, 0.2) is 46.9 Å². The molecule has 19 heavy (non-hydrogen) atoms. The Morgan fingerprint density at radius 3 is 2.47 bits per heavy atom. The molecule has 0 aliphatic heterocycles. The second-order valence-electron chi connectivity index (χ2n) is 4.46. The topological polar surface area (TPSA) is 38.0 Å². The summed E-state index contributed by atoms with van der Waals surface area (Å²) < 4.78 is 13.9. The van der Waals surface area contributed by atoms with Crippen LogP contribution in [0.1, 0.15) is 17.2 Å². The molecule has 0 amide bonds.